The highest BCUT2D eigenvalue weighted by atomic mass is 79.9. The maximum absolute atomic E-state index is 13.6. The van der Waals surface area contributed by atoms with Gasteiger partial charge in [0, 0.05) is 31.0 Å². The Balaban J connectivity index is 1.38. The van der Waals surface area contributed by atoms with Crippen molar-refractivity contribution in [1.29, 1.82) is 0 Å². The molecule has 0 fully saturated rings. The predicted molar refractivity (Wildman–Crippen MR) is 166 cm³/mol. The second kappa shape index (κ2) is 11.4. The molecular weight excluding hydrogens is 629 g/mol. The quantitative estimate of drug-likeness (QED) is 0.163. The molecule has 204 valence electrons. The molecule has 0 atom stereocenters. The minimum absolute atomic E-state index is 0.214. The summed E-state index contributed by atoms with van der Waals surface area (Å²) < 4.78 is 19.5. The minimum atomic E-state index is -0.329. The zero-order chi connectivity index (χ0) is 28.5. The maximum Gasteiger partial charge on any atom is 0.282 e. The molecule has 10 heteroatoms. The third kappa shape index (κ3) is 5.46. The summed E-state index contributed by atoms with van der Waals surface area (Å²) in [7, 11) is 1.55. The van der Waals surface area contributed by atoms with Gasteiger partial charge in [-0.1, -0.05) is 59.6 Å². The van der Waals surface area contributed by atoms with Gasteiger partial charge in [-0.15, -0.1) is 0 Å². The van der Waals surface area contributed by atoms with Gasteiger partial charge in [0.15, 0.2) is 17.3 Å². The number of aromatic nitrogens is 2. The number of para-hydroxylation sites is 2. The van der Waals surface area contributed by atoms with Gasteiger partial charge >= 0.3 is 0 Å². The summed E-state index contributed by atoms with van der Waals surface area (Å²) in [4.78, 5) is 18.3. The first-order valence-electron chi connectivity index (χ1n) is 12.4. The lowest BCUT2D eigenvalue weighted by atomic mass is 10.2. The molecule has 0 aliphatic heterocycles. The fourth-order valence-electron chi connectivity index (χ4n) is 4.32. The second-order valence-electron chi connectivity index (χ2n) is 9.01. The van der Waals surface area contributed by atoms with Crippen molar-refractivity contribution in [2.45, 2.75) is 6.61 Å². The van der Waals surface area contributed by atoms with Crippen LogP contribution in [0.15, 0.2) is 104 Å². The van der Waals surface area contributed by atoms with Crippen LogP contribution in [0.5, 0.6) is 11.5 Å². The van der Waals surface area contributed by atoms with Crippen molar-refractivity contribution in [3.05, 3.63) is 121 Å². The van der Waals surface area contributed by atoms with Gasteiger partial charge in [-0.3, -0.25) is 4.79 Å². The lowest BCUT2D eigenvalue weighted by Crippen LogP contribution is -2.20. The highest BCUT2D eigenvalue weighted by molar-refractivity contribution is 9.10. The number of fused-ring (bicyclic) bond motifs is 2. The Morgan fingerprint density at radius 3 is 2.61 bits per heavy atom. The van der Waals surface area contributed by atoms with Crippen molar-refractivity contribution >= 4 is 67.2 Å². The van der Waals surface area contributed by atoms with E-state index in [9.17, 15) is 4.79 Å². The number of rotatable bonds is 7. The van der Waals surface area contributed by atoms with E-state index in [-0.39, 0.29) is 18.0 Å². The smallest absolute Gasteiger partial charge is 0.282 e. The van der Waals surface area contributed by atoms with Crippen molar-refractivity contribution in [2.75, 3.05) is 7.11 Å². The first-order chi connectivity index (χ1) is 19.9. The first kappa shape index (κ1) is 27.1. The largest absolute Gasteiger partial charge is 0.493 e. The Hall–Kier alpha value is -4.11. The zero-order valence-electron chi connectivity index (χ0n) is 21.5. The third-order valence-electron chi connectivity index (χ3n) is 6.39. The Bertz CT molecular complexity index is 1990. The van der Waals surface area contributed by atoms with Gasteiger partial charge in [0.25, 0.3) is 5.56 Å². The van der Waals surface area contributed by atoms with E-state index in [4.69, 9.17) is 42.1 Å². The van der Waals surface area contributed by atoms with E-state index in [1.807, 2.05) is 42.5 Å². The molecule has 0 unspecified atom stereocenters. The number of halogens is 3. The molecule has 41 heavy (non-hydrogen) atoms. The number of hydrogen-bond donors (Lipinski definition) is 0. The van der Waals surface area contributed by atoms with Gasteiger partial charge in [0.05, 0.1) is 24.2 Å². The number of ether oxygens (including phenoxy) is 2. The molecule has 2 aromatic heterocycles. The van der Waals surface area contributed by atoms with Gasteiger partial charge in [0.1, 0.15) is 12.2 Å². The Morgan fingerprint density at radius 1 is 1.00 bits per heavy atom. The SMILES string of the molecule is COc1cc(C=Nn2c(-c3cc4ccccc4o3)nc3ccccc3c2=O)c(Br)cc1OCc1ccc(Cl)cc1Cl. The normalized spacial score (nSPS) is 11.5. The molecule has 0 amide bonds. The summed E-state index contributed by atoms with van der Waals surface area (Å²) in [5.41, 5.74) is 2.33. The summed E-state index contributed by atoms with van der Waals surface area (Å²) in [5, 5.41) is 6.94. The third-order valence-corrected chi connectivity index (χ3v) is 7.67. The van der Waals surface area contributed by atoms with Crippen molar-refractivity contribution in [1.82, 2.24) is 9.66 Å². The Labute approximate surface area is 252 Å². The van der Waals surface area contributed by atoms with E-state index >= 15 is 0 Å². The van der Waals surface area contributed by atoms with Crippen molar-refractivity contribution in [3.8, 4) is 23.1 Å². The molecule has 0 aliphatic rings. The predicted octanol–water partition coefficient (Wildman–Crippen LogP) is 8.35. The first-order valence-corrected chi connectivity index (χ1v) is 14.0. The summed E-state index contributed by atoms with van der Waals surface area (Å²) in [5.74, 6) is 1.67. The van der Waals surface area contributed by atoms with Crippen LogP contribution in [0.1, 0.15) is 11.1 Å². The van der Waals surface area contributed by atoms with Crippen LogP contribution < -0.4 is 15.0 Å². The molecule has 0 radical (unpaired) electrons. The number of hydrogen-bond acceptors (Lipinski definition) is 6. The van der Waals surface area contributed by atoms with Crippen molar-refractivity contribution < 1.29 is 13.9 Å². The van der Waals surface area contributed by atoms with Crippen LogP contribution in [0.4, 0.5) is 0 Å². The number of benzene rings is 4. The van der Waals surface area contributed by atoms with Gasteiger partial charge in [-0.05, 0) is 64.5 Å². The van der Waals surface area contributed by atoms with Gasteiger partial charge < -0.3 is 13.9 Å². The van der Waals surface area contributed by atoms with Crippen LogP contribution >= 0.6 is 39.1 Å². The number of methoxy groups -OCH3 is 1. The molecule has 4 aromatic carbocycles. The van der Waals surface area contributed by atoms with E-state index in [0.29, 0.717) is 53.8 Å². The number of furan rings is 1. The monoisotopic (exact) mass is 647 g/mol. The molecule has 6 aromatic rings. The van der Waals surface area contributed by atoms with Crippen LogP contribution in [0, 0.1) is 0 Å². The van der Waals surface area contributed by atoms with E-state index in [0.717, 1.165) is 10.9 Å². The van der Waals surface area contributed by atoms with Gasteiger partial charge in [-0.2, -0.15) is 9.78 Å². The molecule has 0 bridgehead atoms. The van der Waals surface area contributed by atoms with Crippen LogP contribution in [-0.4, -0.2) is 23.0 Å². The maximum atomic E-state index is 13.6. The van der Waals surface area contributed by atoms with Crippen LogP contribution in [0.2, 0.25) is 10.0 Å². The van der Waals surface area contributed by atoms with Crippen LogP contribution in [0.25, 0.3) is 33.5 Å². The molecule has 7 nitrogen and oxygen atoms in total. The van der Waals surface area contributed by atoms with Crippen molar-refractivity contribution in [3.63, 3.8) is 0 Å². The highest BCUT2D eigenvalue weighted by Gasteiger charge is 2.17. The lowest BCUT2D eigenvalue weighted by molar-refractivity contribution is 0.284. The minimum Gasteiger partial charge on any atom is -0.493 e. The number of nitrogens with zero attached hydrogens (tertiary/aromatic N) is 3. The molecule has 2 heterocycles. The van der Waals surface area contributed by atoms with E-state index in [1.54, 1.807) is 55.8 Å². The van der Waals surface area contributed by atoms with E-state index in [2.05, 4.69) is 21.0 Å². The average molecular weight is 649 g/mol. The summed E-state index contributed by atoms with van der Waals surface area (Å²) in [6.45, 7) is 0.214. The molecular formula is C31H20BrCl2N3O4. The van der Waals surface area contributed by atoms with Crippen LogP contribution in [0.3, 0.4) is 0 Å². The molecule has 0 saturated heterocycles. The summed E-state index contributed by atoms with van der Waals surface area (Å²) >= 11 is 15.9. The molecule has 0 N–H and O–H groups in total. The Morgan fingerprint density at radius 2 is 1.80 bits per heavy atom. The summed E-state index contributed by atoms with van der Waals surface area (Å²) in [6.07, 6.45) is 1.55. The standard InChI is InChI=1S/C31H20BrCl2N3O4/c1-39-27-13-20(23(32)15-28(27)40-17-19-10-11-21(33)14-24(19)34)16-35-37-30(29-12-18-6-2-5-9-26(18)41-29)36-25-8-4-3-7-22(25)31(37)38/h2-16H,17H2,1H3. The van der Waals surface area contributed by atoms with Crippen LogP contribution in [-0.2, 0) is 6.61 Å². The molecule has 6 rings (SSSR count). The summed E-state index contributed by atoms with van der Waals surface area (Å²) in [6, 6.07) is 25.3. The molecule has 0 saturated carbocycles. The molecule has 0 spiro atoms. The van der Waals surface area contributed by atoms with Crippen molar-refractivity contribution in [2.24, 2.45) is 5.10 Å². The van der Waals surface area contributed by atoms with E-state index < -0.39 is 0 Å². The van der Waals surface area contributed by atoms with Gasteiger partial charge in [0.2, 0.25) is 5.82 Å². The highest BCUT2D eigenvalue weighted by Crippen LogP contribution is 2.34. The molecule has 0 aliphatic carbocycles. The average Bonchev–Trinajstić information content (AvgIpc) is 3.41. The second-order valence-corrected chi connectivity index (χ2v) is 10.7. The van der Waals surface area contributed by atoms with Gasteiger partial charge in [-0.25, -0.2) is 4.98 Å². The topological polar surface area (TPSA) is 78.9 Å². The Kier molecular flexibility index (Phi) is 7.53. The fourth-order valence-corrected chi connectivity index (χ4v) is 5.21. The lowest BCUT2D eigenvalue weighted by Gasteiger charge is -2.13. The van der Waals surface area contributed by atoms with E-state index in [1.165, 1.54) is 4.68 Å². The fraction of sp³-hybridized carbons (Fsp3) is 0.0645. The zero-order valence-corrected chi connectivity index (χ0v) is 24.6.